The molecular formula is C21H26N5O15P3. The van der Waals surface area contributed by atoms with Crippen molar-refractivity contribution in [3.8, 4) is 0 Å². The molecule has 3 unspecified atom stereocenters. The molecule has 1 aromatic carbocycles. The van der Waals surface area contributed by atoms with Gasteiger partial charge in [0.2, 0.25) is 0 Å². The van der Waals surface area contributed by atoms with E-state index in [-0.39, 0.29) is 37.0 Å². The number of ether oxygens (including phenoxy) is 2. The van der Waals surface area contributed by atoms with Gasteiger partial charge in [-0.25, -0.2) is 23.7 Å². The van der Waals surface area contributed by atoms with Gasteiger partial charge in [0.1, 0.15) is 30.2 Å². The van der Waals surface area contributed by atoms with Gasteiger partial charge in [-0.2, -0.15) is 8.62 Å². The second-order valence-corrected chi connectivity index (χ2v) is 13.6. The molecule has 1 aliphatic rings. The van der Waals surface area contributed by atoms with E-state index in [0.717, 1.165) is 0 Å². The summed E-state index contributed by atoms with van der Waals surface area (Å²) in [5.41, 5.74) is 7.28. The van der Waals surface area contributed by atoms with Gasteiger partial charge in [-0.1, -0.05) is 12.1 Å². The van der Waals surface area contributed by atoms with Crippen LogP contribution in [0, 0.1) is 16.0 Å². The molecule has 2 aromatic heterocycles. The first kappa shape index (κ1) is 33.6. The van der Waals surface area contributed by atoms with Gasteiger partial charge in [0.25, 0.3) is 5.69 Å². The molecule has 0 saturated carbocycles. The monoisotopic (exact) mass is 681 g/mol. The lowest BCUT2D eigenvalue weighted by molar-refractivity contribution is -0.386. The quantitative estimate of drug-likeness (QED) is 0.0809. The lowest BCUT2D eigenvalue weighted by Crippen LogP contribution is -2.13. The summed E-state index contributed by atoms with van der Waals surface area (Å²) in [6, 6.07) is 6.15. The summed E-state index contributed by atoms with van der Waals surface area (Å²) < 4.78 is 58.9. The topological polar surface area (TPSA) is 298 Å². The molecule has 4 atom stereocenters. The highest BCUT2D eigenvalue weighted by Crippen LogP contribution is 2.66. The SMILES string of the molecule is C[C@H](OCc1cn(CC2COC(COP(=O)(O)OP(=O)(O)OP(=O)(O)O)=C2O)c2ncnc(N)c12)c1ccccc1[N+](=O)[O-]. The summed E-state index contributed by atoms with van der Waals surface area (Å²) in [6.45, 7) is 0.585. The molecule has 0 aliphatic carbocycles. The third-order valence-corrected chi connectivity index (χ3v) is 9.93. The average Bonchev–Trinajstić information content (AvgIpc) is 3.44. The fourth-order valence-corrected chi connectivity index (χ4v) is 7.27. The minimum absolute atomic E-state index is 0.0389. The van der Waals surface area contributed by atoms with Crippen LogP contribution in [0.15, 0.2) is 48.3 Å². The predicted molar refractivity (Wildman–Crippen MR) is 147 cm³/mol. The Morgan fingerprint density at radius 1 is 1.14 bits per heavy atom. The zero-order valence-corrected chi connectivity index (χ0v) is 25.2. The smallest absolute Gasteiger partial charge is 0.490 e. The van der Waals surface area contributed by atoms with Crippen molar-refractivity contribution in [2.45, 2.75) is 26.2 Å². The molecule has 0 saturated heterocycles. The van der Waals surface area contributed by atoms with Gasteiger partial charge in [0.05, 0.1) is 41.1 Å². The van der Waals surface area contributed by atoms with Gasteiger partial charge in [-0.05, 0) is 13.0 Å². The number of anilines is 1. The van der Waals surface area contributed by atoms with Gasteiger partial charge >= 0.3 is 23.5 Å². The molecule has 7 N–H and O–H groups in total. The number of nitrogens with zero attached hydrogens (tertiary/aromatic N) is 4. The number of phosphoric ester groups is 1. The van der Waals surface area contributed by atoms with Crippen LogP contribution in [0.3, 0.4) is 0 Å². The summed E-state index contributed by atoms with van der Waals surface area (Å²) in [6.07, 6.45) is 2.19. The van der Waals surface area contributed by atoms with Crippen LogP contribution in [0.25, 0.3) is 11.0 Å². The summed E-state index contributed by atoms with van der Waals surface area (Å²) in [7, 11) is -16.7. The minimum atomic E-state index is -5.72. The Morgan fingerprint density at radius 3 is 2.52 bits per heavy atom. The highest BCUT2D eigenvalue weighted by atomic mass is 31.3. The van der Waals surface area contributed by atoms with Crippen molar-refractivity contribution < 1.29 is 65.9 Å². The minimum Gasteiger partial charge on any atom is -0.508 e. The normalized spacial score (nSPS) is 19.0. The second-order valence-electron chi connectivity index (χ2n) is 9.21. The van der Waals surface area contributed by atoms with Gasteiger partial charge < -0.3 is 44.5 Å². The van der Waals surface area contributed by atoms with Crippen molar-refractivity contribution in [3.05, 3.63) is 69.5 Å². The maximum absolute atomic E-state index is 12.0. The summed E-state index contributed by atoms with van der Waals surface area (Å²) >= 11 is 0. The van der Waals surface area contributed by atoms with Crippen LogP contribution >= 0.6 is 23.5 Å². The largest absolute Gasteiger partial charge is 0.508 e. The number of nitrogens with two attached hydrogens (primary N) is 1. The lowest BCUT2D eigenvalue weighted by Gasteiger charge is -2.16. The number of aromatic nitrogens is 3. The number of phosphoric acid groups is 3. The molecule has 0 bridgehead atoms. The van der Waals surface area contributed by atoms with E-state index in [9.17, 15) is 38.7 Å². The molecule has 0 radical (unpaired) electrons. The number of fused-ring (bicyclic) bond motifs is 1. The van der Waals surface area contributed by atoms with E-state index < -0.39 is 52.8 Å². The number of aliphatic hydroxyl groups is 1. The Kier molecular flexibility index (Phi) is 9.94. The van der Waals surface area contributed by atoms with Crippen LogP contribution in [0.5, 0.6) is 0 Å². The third kappa shape index (κ3) is 8.26. The van der Waals surface area contributed by atoms with Crippen molar-refractivity contribution in [2.75, 3.05) is 18.9 Å². The van der Waals surface area contributed by atoms with E-state index in [2.05, 4.69) is 23.1 Å². The first-order valence-electron chi connectivity index (χ1n) is 12.2. The Labute approximate surface area is 247 Å². The van der Waals surface area contributed by atoms with E-state index in [0.29, 0.717) is 22.2 Å². The number of nitro groups is 1. The van der Waals surface area contributed by atoms with Crippen molar-refractivity contribution in [2.24, 2.45) is 5.92 Å². The zero-order chi connectivity index (χ0) is 32.4. The number of aliphatic hydroxyl groups excluding tert-OH is 1. The molecule has 240 valence electrons. The fraction of sp³-hybridized carbons (Fsp3) is 0.333. The summed E-state index contributed by atoms with van der Waals surface area (Å²) in [5, 5.41) is 22.5. The molecule has 4 rings (SSSR count). The number of para-hydroxylation sites is 1. The Morgan fingerprint density at radius 2 is 1.84 bits per heavy atom. The molecule has 0 fully saturated rings. The number of hydrogen-bond donors (Lipinski definition) is 6. The van der Waals surface area contributed by atoms with Gasteiger partial charge in [0, 0.05) is 24.4 Å². The number of benzene rings is 1. The highest BCUT2D eigenvalue weighted by Gasteiger charge is 2.41. The van der Waals surface area contributed by atoms with Crippen LogP contribution in [0.4, 0.5) is 11.5 Å². The van der Waals surface area contributed by atoms with E-state index >= 15 is 0 Å². The Hall–Kier alpha value is -3.25. The van der Waals surface area contributed by atoms with Crippen molar-refractivity contribution in [1.29, 1.82) is 0 Å². The Bertz CT molecular complexity index is 1740. The maximum Gasteiger partial charge on any atom is 0.490 e. The zero-order valence-electron chi connectivity index (χ0n) is 22.5. The number of hydrogen-bond acceptors (Lipinski definition) is 14. The molecule has 0 amide bonds. The van der Waals surface area contributed by atoms with Crippen LogP contribution < -0.4 is 5.73 Å². The van der Waals surface area contributed by atoms with Crippen LogP contribution in [0.1, 0.15) is 24.2 Å². The standard InChI is InChI=1S/C21H26N5O15P3/c1-12(15-4-2-3-5-16(15)26(28)29)37-8-13-6-25(21-18(13)20(22)23-11-24-21)7-14-9-38-17(19(14)27)10-39-43(33,34)41-44(35,36)40-42(30,31)32/h2-6,11-12,14,27H,7-10H2,1H3,(H,33,34)(H,35,36)(H2,22,23,24)(H2,30,31,32)/t12-,14?/m0/s1. The summed E-state index contributed by atoms with van der Waals surface area (Å²) in [5.74, 6) is -1.36. The van der Waals surface area contributed by atoms with Gasteiger partial charge in [-0.3, -0.25) is 14.6 Å². The van der Waals surface area contributed by atoms with Crippen molar-refractivity contribution >= 4 is 46.0 Å². The van der Waals surface area contributed by atoms with E-state index in [1.165, 1.54) is 12.4 Å². The molecular weight excluding hydrogens is 655 g/mol. The molecule has 44 heavy (non-hydrogen) atoms. The third-order valence-electron chi connectivity index (χ3n) is 6.14. The van der Waals surface area contributed by atoms with Crippen LogP contribution in [-0.4, -0.2) is 57.4 Å². The average molecular weight is 681 g/mol. The van der Waals surface area contributed by atoms with Gasteiger partial charge in [0.15, 0.2) is 5.76 Å². The fourth-order valence-electron chi connectivity index (χ4n) is 4.30. The van der Waals surface area contributed by atoms with E-state index in [1.54, 1.807) is 35.9 Å². The first-order chi connectivity index (χ1) is 20.5. The van der Waals surface area contributed by atoms with Gasteiger partial charge in [-0.15, -0.1) is 0 Å². The molecule has 1 aliphatic heterocycles. The molecule has 0 spiro atoms. The number of nitrogen functional groups attached to an aromatic ring is 1. The van der Waals surface area contributed by atoms with Crippen LogP contribution in [0.2, 0.25) is 0 Å². The highest BCUT2D eigenvalue weighted by molar-refractivity contribution is 7.66. The number of nitro benzene ring substituents is 1. The van der Waals surface area contributed by atoms with Crippen LogP contribution in [-0.2, 0) is 49.5 Å². The number of rotatable bonds is 14. The molecule has 3 heterocycles. The Balaban J connectivity index is 1.47. The molecule has 23 heteroatoms. The second kappa shape index (κ2) is 13.0. The predicted octanol–water partition coefficient (Wildman–Crippen LogP) is 2.96. The first-order valence-corrected chi connectivity index (χ1v) is 16.7. The lowest BCUT2D eigenvalue weighted by atomic mass is 10.1. The van der Waals surface area contributed by atoms with Crippen molar-refractivity contribution in [1.82, 2.24) is 14.5 Å². The molecule has 20 nitrogen and oxygen atoms in total. The van der Waals surface area contributed by atoms with E-state index in [1.807, 2.05) is 0 Å². The summed E-state index contributed by atoms with van der Waals surface area (Å²) in [4.78, 5) is 55.3. The molecule has 3 aromatic rings. The van der Waals surface area contributed by atoms with E-state index in [4.69, 9.17) is 25.0 Å². The van der Waals surface area contributed by atoms with Crippen molar-refractivity contribution in [3.63, 3.8) is 0 Å². The maximum atomic E-state index is 12.0.